The topological polar surface area (TPSA) is 86.0 Å². The molecule has 1 aromatic rings. The van der Waals surface area contributed by atoms with Gasteiger partial charge in [0.05, 0.1) is 5.56 Å². The lowest BCUT2D eigenvalue weighted by molar-refractivity contribution is -0.137. The molecule has 20 heavy (non-hydrogen) atoms. The molecule has 0 unspecified atom stereocenters. The van der Waals surface area contributed by atoms with E-state index < -0.39 is 17.4 Å². The van der Waals surface area contributed by atoms with Crippen molar-refractivity contribution >= 4 is 17.8 Å². The summed E-state index contributed by atoms with van der Waals surface area (Å²) in [6.45, 7) is 0. The second kappa shape index (κ2) is 6.09. The number of halogens is 4. The Balaban J connectivity index is 3.14. The lowest BCUT2D eigenvalue weighted by atomic mass is 10.1. The molecule has 0 fully saturated rings. The Bertz CT molecular complexity index is 663. The smallest absolute Gasteiger partial charge is 0.388 e. The predicted octanol–water partition coefficient (Wildman–Crippen LogP) is 3.00. The van der Waals surface area contributed by atoms with E-state index in [0.29, 0.717) is 0 Å². The van der Waals surface area contributed by atoms with Gasteiger partial charge < -0.3 is 5.73 Å². The number of aliphatic imine (C=N–C) groups is 1. The van der Waals surface area contributed by atoms with Crippen LogP contribution in [0.3, 0.4) is 0 Å². The molecule has 0 radical (unpaired) electrons. The molecule has 0 saturated carbocycles. The molecule has 1 rings (SSSR count). The molecule has 0 aliphatic rings. The van der Waals surface area contributed by atoms with Gasteiger partial charge in [-0.25, -0.2) is 4.99 Å². The molecule has 0 aliphatic carbocycles. The minimum absolute atomic E-state index is 0.165. The van der Waals surface area contributed by atoms with Crippen LogP contribution in [0.1, 0.15) is 11.1 Å². The average molecular weight is 299 g/mol. The quantitative estimate of drug-likeness (QED) is 0.672. The fourth-order valence-corrected chi connectivity index (χ4v) is 1.38. The van der Waals surface area contributed by atoms with E-state index in [0.717, 1.165) is 24.4 Å². The van der Waals surface area contributed by atoms with Gasteiger partial charge in [-0.15, -0.1) is 0 Å². The first-order chi connectivity index (χ1) is 9.29. The van der Waals surface area contributed by atoms with Crippen LogP contribution < -0.4 is 5.73 Å². The van der Waals surface area contributed by atoms with Crippen molar-refractivity contribution in [3.63, 3.8) is 0 Å². The molecule has 0 spiro atoms. The number of nitriles is 2. The maximum absolute atomic E-state index is 12.4. The summed E-state index contributed by atoms with van der Waals surface area (Å²) >= 11 is 5.69. The van der Waals surface area contributed by atoms with E-state index in [-0.39, 0.29) is 16.3 Å². The summed E-state index contributed by atoms with van der Waals surface area (Å²) in [6.07, 6.45) is -3.44. The van der Waals surface area contributed by atoms with E-state index in [1.165, 1.54) is 6.07 Å². The van der Waals surface area contributed by atoms with Crippen molar-refractivity contribution in [3.8, 4) is 12.1 Å². The second-order valence-electron chi connectivity index (χ2n) is 3.48. The van der Waals surface area contributed by atoms with E-state index in [4.69, 9.17) is 27.9 Å². The Morgan fingerprint density at radius 2 is 1.95 bits per heavy atom. The summed E-state index contributed by atoms with van der Waals surface area (Å²) < 4.78 is 37.3. The van der Waals surface area contributed by atoms with Crippen LogP contribution in [0.4, 0.5) is 13.2 Å². The van der Waals surface area contributed by atoms with E-state index in [9.17, 15) is 13.2 Å². The third-order valence-electron chi connectivity index (χ3n) is 2.14. The Labute approximate surface area is 117 Å². The van der Waals surface area contributed by atoms with E-state index >= 15 is 0 Å². The van der Waals surface area contributed by atoms with Gasteiger partial charge in [0, 0.05) is 16.8 Å². The van der Waals surface area contributed by atoms with Crippen LogP contribution in [0.5, 0.6) is 0 Å². The minimum atomic E-state index is -4.50. The Kier molecular flexibility index (Phi) is 4.73. The summed E-state index contributed by atoms with van der Waals surface area (Å²) in [5, 5.41) is 17.0. The van der Waals surface area contributed by atoms with Gasteiger partial charge in [0.2, 0.25) is 0 Å². The van der Waals surface area contributed by atoms with Crippen LogP contribution in [0.2, 0.25) is 5.02 Å². The Morgan fingerprint density at radius 3 is 2.40 bits per heavy atom. The zero-order valence-corrected chi connectivity index (χ0v) is 10.5. The van der Waals surface area contributed by atoms with Crippen LogP contribution in [-0.4, -0.2) is 6.21 Å². The van der Waals surface area contributed by atoms with Crippen molar-refractivity contribution in [2.75, 3.05) is 0 Å². The average Bonchev–Trinajstić information content (AvgIpc) is 2.39. The normalized spacial score (nSPS) is 12.7. The third-order valence-corrected chi connectivity index (χ3v) is 2.47. The van der Waals surface area contributed by atoms with Gasteiger partial charge in [-0.05, 0) is 12.1 Å². The van der Waals surface area contributed by atoms with Gasteiger partial charge in [0.1, 0.15) is 17.8 Å². The number of benzene rings is 1. The fraction of sp³-hybridized carbons (Fsp3) is 0.0833. The molecular weight excluding hydrogens is 293 g/mol. The number of nitrogens with two attached hydrogens (primary N) is 1. The molecule has 0 saturated heterocycles. The largest absolute Gasteiger partial charge is 0.416 e. The summed E-state index contributed by atoms with van der Waals surface area (Å²) in [5.74, 6) is 0. The predicted molar refractivity (Wildman–Crippen MR) is 66.5 cm³/mol. The first-order valence-electron chi connectivity index (χ1n) is 5.00. The highest BCUT2D eigenvalue weighted by Gasteiger charge is 2.30. The standard InChI is InChI=1S/C12H6ClF3N4/c13-9-3-8(12(14,15)16)2-1-7(9)6-20-11(5-18)10(19)4-17/h1-3,6H,19H2/b11-10+,20-6+. The molecule has 102 valence electrons. The molecule has 0 aromatic heterocycles. The molecule has 0 aliphatic heterocycles. The van der Waals surface area contributed by atoms with Gasteiger partial charge in [-0.2, -0.15) is 23.7 Å². The Morgan fingerprint density at radius 1 is 1.30 bits per heavy atom. The molecule has 2 N–H and O–H groups in total. The lowest BCUT2D eigenvalue weighted by Crippen LogP contribution is -2.05. The summed E-state index contributed by atoms with van der Waals surface area (Å²) in [7, 11) is 0. The van der Waals surface area contributed by atoms with Crippen LogP contribution in [0.15, 0.2) is 34.6 Å². The van der Waals surface area contributed by atoms with E-state index in [1.54, 1.807) is 6.07 Å². The highest BCUT2D eigenvalue weighted by Crippen LogP contribution is 2.31. The van der Waals surface area contributed by atoms with Gasteiger partial charge >= 0.3 is 6.18 Å². The van der Waals surface area contributed by atoms with Crippen LogP contribution in [0, 0.1) is 22.7 Å². The highest BCUT2D eigenvalue weighted by atomic mass is 35.5. The summed E-state index contributed by atoms with van der Waals surface area (Å²) in [6, 6.07) is 5.80. The van der Waals surface area contributed by atoms with Gasteiger partial charge in [-0.1, -0.05) is 17.7 Å². The van der Waals surface area contributed by atoms with Crippen molar-refractivity contribution in [1.82, 2.24) is 0 Å². The molecule has 0 atom stereocenters. The first-order valence-corrected chi connectivity index (χ1v) is 5.38. The van der Waals surface area contributed by atoms with Gasteiger partial charge in [0.25, 0.3) is 0 Å². The van der Waals surface area contributed by atoms with E-state index in [1.807, 2.05) is 0 Å². The summed E-state index contributed by atoms with van der Waals surface area (Å²) in [5.41, 5.74) is 3.74. The molecule has 1 aromatic carbocycles. The van der Waals surface area contributed by atoms with Crippen LogP contribution in [-0.2, 0) is 6.18 Å². The minimum Gasteiger partial charge on any atom is -0.388 e. The number of alkyl halides is 3. The maximum Gasteiger partial charge on any atom is 0.416 e. The van der Waals surface area contributed by atoms with Crippen molar-refractivity contribution < 1.29 is 13.2 Å². The molecule has 0 amide bonds. The van der Waals surface area contributed by atoms with Gasteiger partial charge in [0.15, 0.2) is 5.70 Å². The lowest BCUT2D eigenvalue weighted by Gasteiger charge is -2.07. The second-order valence-corrected chi connectivity index (χ2v) is 3.89. The fourth-order valence-electron chi connectivity index (χ4n) is 1.15. The number of rotatable bonds is 2. The number of allylic oxidation sites excluding steroid dienone is 2. The third kappa shape index (κ3) is 3.74. The molecular formula is C12H6ClF3N4. The van der Waals surface area contributed by atoms with Crippen molar-refractivity contribution in [2.24, 2.45) is 10.7 Å². The molecule has 0 heterocycles. The summed E-state index contributed by atoms with van der Waals surface area (Å²) in [4.78, 5) is 3.62. The number of hydrogen-bond acceptors (Lipinski definition) is 4. The zero-order chi connectivity index (χ0) is 15.3. The van der Waals surface area contributed by atoms with Crippen LogP contribution in [0.25, 0.3) is 0 Å². The van der Waals surface area contributed by atoms with Crippen molar-refractivity contribution in [2.45, 2.75) is 6.18 Å². The Hall–Kier alpha value is -2.51. The van der Waals surface area contributed by atoms with Crippen molar-refractivity contribution in [3.05, 3.63) is 45.7 Å². The molecule has 0 bridgehead atoms. The van der Waals surface area contributed by atoms with Crippen LogP contribution >= 0.6 is 11.6 Å². The number of nitrogens with zero attached hydrogens (tertiary/aromatic N) is 3. The SMILES string of the molecule is N#C/C(N)=C(C#N)\N=C\c1ccc(C(F)(F)F)cc1Cl. The number of hydrogen-bond donors (Lipinski definition) is 1. The molecule has 4 nitrogen and oxygen atoms in total. The van der Waals surface area contributed by atoms with Gasteiger partial charge in [-0.3, -0.25) is 0 Å². The first kappa shape index (κ1) is 15.5. The monoisotopic (exact) mass is 298 g/mol. The van der Waals surface area contributed by atoms with E-state index in [2.05, 4.69) is 4.99 Å². The van der Waals surface area contributed by atoms with Crippen molar-refractivity contribution in [1.29, 1.82) is 10.5 Å². The zero-order valence-electron chi connectivity index (χ0n) is 9.74. The highest BCUT2D eigenvalue weighted by molar-refractivity contribution is 6.33. The maximum atomic E-state index is 12.4. The molecule has 8 heteroatoms.